The molecule has 1 aromatic carbocycles. The van der Waals surface area contributed by atoms with E-state index in [9.17, 15) is 4.79 Å². The predicted molar refractivity (Wildman–Crippen MR) is 84.7 cm³/mol. The van der Waals surface area contributed by atoms with E-state index in [0.29, 0.717) is 0 Å². The van der Waals surface area contributed by atoms with Crippen LogP contribution in [0.25, 0.3) is 0 Å². The second kappa shape index (κ2) is 8.03. The summed E-state index contributed by atoms with van der Waals surface area (Å²) >= 11 is 0. The third kappa shape index (κ3) is 5.38. The summed E-state index contributed by atoms with van der Waals surface area (Å²) < 4.78 is 5.64. The maximum absolute atomic E-state index is 10.9. The highest BCUT2D eigenvalue weighted by molar-refractivity contribution is 5.67. The molecule has 4 nitrogen and oxygen atoms in total. The molecular weight excluding hydrogens is 266 g/mol. The minimum atomic E-state index is -0.756. The normalized spacial score (nSPS) is 14.2. The maximum atomic E-state index is 10.9. The maximum Gasteiger partial charge on any atom is 0.304 e. The number of ether oxygens (including phenoxy) is 1. The highest BCUT2D eigenvalue weighted by Crippen LogP contribution is 2.25. The number of benzene rings is 1. The van der Waals surface area contributed by atoms with Crippen molar-refractivity contribution in [3.8, 4) is 5.75 Å². The molecule has 0 saturated carbocycles. The van der Waals surface area contributed by atoms with Gasteiger partial charge in [-0.25, -0.2) is 0 Å². The van der Waals surface area contributed by atoms with Crippen molar-refractivity contribution >= 4 is 5.97 Å². The first-order chi connectivity index (χ1) is 9.85. The van der Waals surface area contributed by atoms with Gasteiger partial charge in [-0.2, -0.15) is 0 Å². The van der Waals surface area contributed by atoms with Gasteiger partial charge in [0.1, 0.15) is 5.75 Å². The van der Waals surface area contributed by atoms with E-state index in [1.165, 1.54) is 5.56 Å². The first kappa shape index (κ1) is 17.5. The van der Waals surface area contributed by atoms with Crippen molar-refractivity contribution in [1.82, 2.24) is 4.90 Å². The molecule has 1 aromatic rings. The summed E-state index contributed by atoms with van der Waals surface area (Å²) in [7, 11) is 0. The first-order valence-corrected chi connectivity index (χ1v) is 7.59. The van der Waals surface area contributed by atoms with Crippen LogP contribution in [0.3, 0.4) is 0 Å². The summed E-state index contributed by atoms with van der Waals surface area (Å²) in [5.74, 6) is 0.108. The van der Waals surface area contributed by atoms with Crippen LogP contribution in [0.5, 0.6) is 5.75 Å². The molecule has 4 heteroatoms. The molecule has 21 heavy (non-hydrogen) atoms. The van der Waals surface area contributed by atoms with E-state index in [4.69, 9.17) is 9.84 Å². The largest absolute Gasteiger partial charge is 0.491 e. The van der Waals surface area contributed by atoms with E-state index in [2.05, 4.69) is 30.9 Å². The Morgan fingerprint density at radius 3 is 2.19 bits per heavy atom. The van der Waals surface area contributed by atoms with Crippen LogP contribution < -0.4 is 4.74 Å². The van der Waals surface area contributed by atoms with Crippen LogP contribution in [0.1, 0.15) is 52.6 Å². The first-order valence-electron chi connectivity index (χ1n) is 7.59. The number of rotatable bonds is 8. The van der Waals surface area contributed by atoms with Gasteiger partial charge in [0.15, 0.2) is 0 Å². The molecule has 0 radical (unpaired) electrons. The molecule has 0 aliphatic heterocycles. The van der Waals surface area contributed by atoms with Crippen LogP contribution in [0, 0.1) is 0 Å². The smallest absolute Gasteiger partial charge is 0.304 e. The Balaban J connectivity index is 2.79. The van der Waals surface area contributed by atoms with Crippen molar-refractivity contribution in [1.29, 1.82) is 0 Å². The Kier molecular flexibility index (Phi) is 6.69. The summed E-state index contributed by atoms with van der Waals surface area (Å²) in [5.41, 5.74) is 1.17. The SMILES string of the molecule is CCN(C(C)CC(=O)O)C(C)c1ccc(OC(C)C)cc1. The zero-order valence-corrected chi connectivity index (χ0v) is 13.7. The molecule has 0 aliphatic rings. The van der Waals surface area contributed by atoms with Gasteiger partial charge in [0.2, 0.25) is 0 Å². The van der Waals surface area contributed by atoms with Crippen LogP contribution >= 0.6 is 0 Å². The molecule has 0 heterocycles. The average Bonchev–Trinajstić information content (AvgIpc) is 2.38. The summed E-state index contributed by atoms with van der Waals surface area (Å²) in [6.07, 6.45) is 0.322. The molecule has 0 aromatic heterocycles. The average molecular weight is 293 g/mol. The molecule has 0 saturated heterocycles. The fourth-order valence-electron chi connectivity index (χ4n) is 2.63. The Bertz CT molecular complexity index is 442. The molecule has 0 spiro atoms. The standard InChI is InChI=1S/C17H27NO3/c1-6-18(13(4)11-17(19)20)14(5)15-7-9-16(10-8-15)21-12(2)3/h7-10,12-14H,6,11H2,1-5H3,(H,19,20). The zero-order valence-electron chi connectivity index (χ0n) is 13.7. The Labute approximate surface area is 127 Å². The van der Waals surface area contributed by atoms with Gasteiger partial charge in [0, 0.05) is 12.1 Å². The zero-order chi connectivity index (χ0) is 16.0. The fourth-order valence-corrected chi connectivity index (χ4v) is 2.63. The van der Waals surface area contributed by atoms with Gasteiger partial charge in [-0.3, -0.25) is 9.69 Å². The van der Waals surface area contributed by atoms with Gasteiger partial charge in [-0.05, 0) is 51.9 Å². The molecule has 1 rings (SSSR count). The van der Waals surface area contributed by atoms with Crippen LogP contribution in [0.15, 0.2) is 24.3 Å². The predicted octanol–water partition coefficient (Wildman–Crippen LogP) is 3.72. The number of carboxylic acid groups (broad SMARTS) is 1. The molecule has 1 N–H and O–H groups in total. The van der Waals surface area contributed by atoms with Crippen molar-refractivity contribution in [3.63, 3.8) is 0 Å². The second-order valence-electron chi connectivity index (χ2n) is 5.69. The number of hydrogen-bond acceptors (Lipinski definition) is 3. The van der Waals surface area contributed by atoms with Gasteiger partial charge in [-0.15, -0.1) is 0 Å². The monoisotopic (exact) mass is 293 g/mol. The van der Waals surface area contributed by atoms with E-state index in [1.54, 1.807) is 0 Å². The van der Waals surface area contributed by atoms with Crippen molar-refractivity contribution < 1.29 is 14.6 Å². The highest BCUT2D eigenvalue weighted by Gasteiger charge is 2.21. The van der Waals surface area contributed by atoms with Crippen molar-refractivity contribution in [2.24, 2.45) is 0 Å². The Hall–Kier alpha value is -1.55. The van der Waals surface area contributed by atoms with Gasteiger partial charge < -0.3 is 9.84 Å². The van der Waals surface area contributed by atoms with Crippen LogP contribution in [0.2, 0.25) is 0 Å². The molecule has 2 atom stereocenters. The quantitative estimate of drug-likeness (QED) is 0.793. The molecule has 0 aliphatic carbocycles. The van der Waals surface area contributed by atoms with Crippen LogP contribution in [-0.4, -0.2) is 34.7 Å². The van der Waals surface area contributed by atoms with E-state index >= 15 is 0 Å². The van der Waals surface area contributed by atoms with E-state index in [0.717, 1.165) is 12.3 Å². The molecular formula is C17H27NO3. The molecule has 0 bridgehead atoms. The number of aliphatic carboxylic acids is 1. The lowest BCUT2D eigenvalue weighted by Crippen LogP contribution is -2.36. The topological polar surface area (TPSA) is 49.8 Å². The lowest BCUT2D eigenvalue weighted by atomic mass is 10.0. The van der Waals surface area contributed by atoms with Gasteiger partial charge in [0.05, 0.1) is 12.5 Å². The third-order valence-electron chi connectivity index (χ3n) is 3.63. The minimum Gasteiger partial charge on any atom is -0.491 e. The van der Waals surface area contributed by atoms with Crippen molar-refractivity contribution in [2.75, 3.05) is 6.54 Å². The van der Waals surface area contributed by atoms with Crippen LogP contribution in [0.4, 0.5) is 0 Å². The summed E-state index contributed by atoms with van der Waals surface area (Å²) in [5, 5.41) is 8.96. The molecule has 2 unspecified atom stereocenters. The van der Waals surface area contributed by atoms with Crippen molar-refractivity contribution in [2.45, 2.75) is 59.2 Å². The van der Waals surface area contributed by atoms with E-state index < -0.39 is 5.97 Å². The minimum absolute atomic E-state index is 0.00842. The summed E-state index contributed by atoms with van der Waals surface area (Å²) in [4.78, 5) is 13.1. The summed E-state index contributed by atoms with van der Waals surface area (Å²) in [6.45, 7) is 11.0. The molecule has 118 valence electrons. The Morgan fingerprint density at radius 2 is 1.76 bits per heavy atom. The Morgan fingerprint density at radius 1 is 1.19 bits per heavy atom. The van der Waals surface area contributed by atoms with Gasteiger partial charge >= 0.3 is 5.97 Å². The van der Waals surface area contributed by atoms with Gasteiger partial charge in [-0.1, -0.05) is 19.1 Å². The number of hydrogen-bond donors (Lipinski definition) is 1. The third-order valence-corrected chi connectivity index (χ3v) is 3.63. The van der Waals surface area contributed by atoms with Gasteiger partial charge in [0.25, 0.3) is 0 Å². The fraction of sp³-hybridized carbons (Fsp3) is 0.588. The summed E-state index contributed by atoms with van der Waals surface area (Å²) in [6, 6.07) is 8.24. The van der Waals surface area contributed by atoms with Crippen LogP contribution in [-0.2, 0) is 4.79 Å². The second-order valence-corrected chi connectivity index (χ2v) is 5.69. The lowest BCUT2D eigenvalue weighted by molar-refractivity contribution is -0.138. The van der Waals surface area contributed by atoms with E-state index in [1.807, 2.05) is 32.9 Å². The number of nitrogens with zero attached hydrogens (tertiary/aromatic N) is 1. The number of carboxylic acids is 1. The van der Waals surface area contributed by atoms with E-state index in [-0.39, 0.29) is 24.6 Å². The lowest BCUT2D eigenvalue weighted by Gasteiger charge is -2.33. The number of carbonyl (C=O) groups is 1. The molecule has 0 fully saturated rings. The highest BCUT2D eigenvalue weighted by atomic mass is 16.5. The molecule has 0 amide bonds. The van der Waals surface area contributed by atoms with Crippen molar-refractivity contribution in [3.05, 3.63) is 29.8 Å².